The predicted molar refractivity (Wildman–Crippen MR) is 304 cm³/mol. The Labute approximate surface area is 424 Å². The van der Waals surface area contributed by atoms with Crippen molar-refractivity contribution in [3.63, 3.8) is 0 Å². The predicted octanol–water partition coefficient (Wildman–Crippen LogP) is 19.2. The number of hydrogen-bond acceptors (Lipinski definition) is 2. The van der Waals surface area contributed by atoms with Crippen molar-refractivity contribution in [3.8, 4) is 66.8 Å². The van der Waals surface area contributed by atoms with E-state index in [1.807, 2.05) is 11.3 Å². The van der Waals surface area contributed by atoms with E-state index in [-0.39, 0.29) is 5.41 Å². The van der Waals surface area contributed by atoms with Crippen molar-refractivity contribution < 1.29 is 0 Å². The minimum absolute atomic E-state index is 0.173. The minimum Gasteiger partial charge on any atom is -0.310 e. The molecule has 11 aromatic carbocycles. The highest BCUT2D eigenvalue weighted by Gasteiger charge is 2.52. The molecule has 1 aromatic heterocycles. The molecule has 0 bridgehead atoms. The van der Waals surface area contributed by atoms with Crippen molar-refractivity contribution in [3.05, 3.63) is 282 Å². The van der Waals surface area contributed by atoms with Crippen molar-refractivity contribution in [1.29, 1.82) is 0 Å². The highest BCUT2D eigenvalue weighted by molar-refractivity contribution is 7.25. The highest BCUT2D eigenvalue weighted by atomic mass is 32.1. The molecule has 1 nitrogen and oxygen atoms in total. The molecule has 3 aliphatic carbocycles. The maximum atomic E-state index is 2.53. The van der Waals surface area contributed by atoms with Gasteiger partial charge >= 0.3 is 0 Å². The topological polar surface area (TPSA) is 3.24 Å². The summed E-state index contributed by atoms with van der Waals surface area (Å²) in [6, 6.07) is 93.7. The molecular weight excluding hydrogens is 887 g/mol. The second-order valence-corrected chi connectivity index (χ2v) is 21.4. The SMILES string of the molecule is CC1(C)c2ccccc2-c2ccc(N(c3ccc(-c4ccc5sc6ccccc6c5c4)cc3)c3ccc(-c4ccccc4)cc3-c3cccc4c3-c3ccccc3C43c4ccccc4-c4ccccc43)cc21. The zero-order valence-electron chi connectivity index (χ0n) is 40.0. The van der Waals surface area contributed by atoms with E-state index in [0.29, 0.717) is 0 Å². The second-order valence-electron chi connectivity index (χ2n) is 20.3. The number of anilines is 3. The summed E-state index contributed by atoms with van der Waals surface area (Å²) in [5, 5.41) is 2.63. The van der Waals surface area contributed by atoms with Crippen molar-refractivity contribution in [2.24, 2.45) is 0 Å². The first-order valence-electron chi connectivity index (χ1n) is 25.2. The lowest BCUT2D eigenvalue weighted by molar-refractivity contribution is 0.660. The van der Waals surface area contributed by atoms with Gasteiger partial charge in [0.25, 0.3) is 0 Å². The van der Waals surface area contributed by atoms with Crippen LogP contribution in [0.3, 0.4) is 0 Å². The zero-order chi connectivity index (χ0) is 47.7. The summed E-state index contributed by atoms with van der Waals surface area (Å²) in [5.74, 6) is 0. The van der Waals surface area contributed by atoms with Gasteiger partial charge in [-0.3, -0.25) is 0 Å². The van der Waals surface area contributed by atoms with E-state index >= 15 is 0 Å². The average molecular weight is 934 g/mol. The normalized spacial score (nSPS) is 13.9. The molecule has 0 fully saturated rings. The largest absolute Gasteiger partial charge is 0.310 e. The summed E-state index contributed by atoms with van der Waals surface area (Å²) in [4.78, 5) is 2.53. The third-order valence-corrected chi connectivity index (χ3v) is 17.5. The maximum Gasteiger partial charge on any atom is 0.0725 e. The van der Waals surface area contributed by atoms with Crippen LogP contribution < -0.4 is 4.90 Å². The van der Waals surface area contributed by atoms with Gasteiger partial charge in [-0.05, 0) is 149 Å². The Hall–Kier alpha value is -8.56. The fourth-order valence-corrected chi connectivity index (χ4v) is 14.2. The van der Waals surface area contributed by atoms with Crippen LogP contribution in [0.1, 0.15) is 47.2 Å². The van der Waals surface area contributed by atoms with Gasteiger partial charge in [-0.1, -0.05) is 208 Å². The van der Waals surface area contributed by atoms with Gasteiger partial charge in [0.05, 0.1) is 11.1 Å². The van der Waals surface area contributed by atoms with Crippen LogP contribution in [-0.2, 0) is 10.8 Å². The number of rotatable bonds is 6. The Kier molecular flexibility index (Phi) is 8.86. The summed E-state index contributed by atoms with van der Waals surface area (Å²) >= 11 is 1.87. The van der Waals surface area contributed by atoms with Crippen LogP contribution in [-0.4, -0.2) is 0 Å². The molecule has 0 N–H and O–H groups in total. The van der Waals surface area contributed by atoms with Gasteiger partial charge < -0.3 is 4.90 Å². The highest BCUT2D eigenvalue weighted by Crippen LogP contribution is 2.64. The Morgan fingerprint density at radius 3 is 1.57 bits per heavy atom. The number of nitrogens with zero attached hydrogens (tertiary/aromatic N) is 1. The Morgan fingerprint density at radius 2 is 0.819 bits per heavy atom. The molecule has 338 valence electrons. The molecular formula is C70H47NS. The first-order chi connectivity index (χ1) is 35.5. The summed E-state index contributed by atoms with van der Waals surface area (Å²) in [6.45, 7) is 4.77. The minimum atomic E-state index is -0.458. The van der Waals surface area contributed by atoms with Gasteiger partial charge in [-0.15, -0.1) is 11.3 Å². The van der Waals surface area contributed by atoms with Crippen molar-refractivity contribution >= 4 is 48.6 Å². The van der Waals surface area contributed by atoms with Gasteiger partial charge in [0.15, 0.2) is 0 Å². The van der Waals surface area contributed by atoms with Crippen LogP contribution in [0, 0.1) is 0 Å². The summed E-state index contributed by atoms with van der Waals surface area (Å²) in [5.41, 5.74) is 25.8. The number of benzene rings is 11. The molecule has 1 spiro atoms. The lowest BCUT2D eigenvalue weighted by Gasteiger charge is -2.31. The fourth-order valence-electron chi connectivity index (χ4n) is 13.1. The third kappa shape index (κ3) is 5.76. The molecule has 2 heteroatoms. The maximum absolute atomic E-state index is 2.53. The standard InChI is InChI=1S/C70H47NS/c1-69(2)59-25-11-6-19-50(59)53-38-37-49(43-64(53)69)71(48-35-31-45(32-36-48)47-34-40-67-58(42-47)54-22-10-15-30-66(54)72-67)65-39-33-46(44-17-4-3-5-18-44)41-57(65)55-24-16-29-63-68(55)56-23-9-14-28-62(56)70(63)60-26-12-7-20-51(60)52-21-8-13-27-61(52)70/h3-43H,1-2H3. The van der Waals surface area contributed by atoms with Crippen molar-refractivity contribution in [2.75, 3.05) is 4.90 Å². The Bertz CT molecular complexity index is 4150. The van der Waals surface area contributed by atoms with E-state index in [1.54, 1.807) is 0 Å². The zero-order valence-corrected chi connectivity index (χ0v) is 40.8. The van der Waals surface area contributed by atoms with Crippen LogP contribution >= 0.6 is 11.3 Å². The average Bonchev–Trinajstić information content (AvgIpc) is 4.13. The number of fused-ring (bicyclic) bond motifs is 16. The Balaban J connectivity index is 0.979. The van der Waals surface area contributed by atoms with E-state index in [4.69, 9.17) is 0 Å². The van der Waals surface area contributed by atoms with Crippen LogP contribution in [0.5, 0.6) is 0 Å². The smallest absolute Gasteiger partial charge is 0.0725 e. The summed E-state index contributed by atoms with van der Waals surface area (Å²) in [6.07, 6.45) is 0. The van der Waals surface area contributed by atoms with E-state index < -0.39 is 5.41 Å². The molecule has 0 aliphatic heterocycles. The first-order valence-corrected chi connectivity index (χ1v) is 26.0. The van der Waals surface area contributed by atoms with Crippen LogP contribution in [0.15, 0.2) is 249 Å². The van der Waals surface area contributed by atoms with Gasteiger partial charge in [0.2, 0.25) is 0 Å². The van der Waals surface area contributed by atoms with Crippen molar-refractivity contribution in [2.45, 2.75) is 24.7 Å². The van der Waals surface area contributed by atoms with Gasteiger partial charge in [0.1, 0.15) is 0 Å². The third-order valence-electron chi connectivity index (χ3n) is 16.3. The van der Waals surface area contributed by atoms with E-state index in [9.17, 15) is 0 Å². The molecule has 12 aromatic rings. The van der Waals surface area contributed by atoms with Gasteiger partial charge in [0, 0.05) is 42.5 Å². The molecule has 1 heterocycles. The quantitative estimate of drug-likeness (QED) is 0.161. The van der Waals surface area contributed by atoms with E-state index in [2.05, 4.69) is 267 Å². The lowest BCUT2D eigenvalue weighted by atomic mass is 9.70. The number of thiophene rings is 1. The van der Waals surface area contributed by atoms with Crippen LogP contribution in [0.2, 0.25) is 0 Å². The molecule has 0 amide bonds. The molecule has 3 aliphatic rings. The fraction of sp³-hybridized carbons (Fsp3) is 0.0571. The first kappa shape index (κ1) is 41.2. The molecule has 0 radical (unpaired) electrons. The van der Waals surface area contributed by atoms with Gasteiger partial charge in [-0.25, -0.2) is 0 Å². The lowest BCUT2D eigenvalue weighted by Crippen LogP contribution is -2.25. The van der Waals surface area contributed by atoms with E-state index in [1.165, 1.54) is 120 Å². The van der Waals surface area contributed by atoms with E-state index in [0.717, 1.165) is 17.1 Å². The number of hydrogen-bond donors (Lipinski definition) is 0. The van der Waals surface area contributed by atoms with Crippen molar-refractivity contribution in [1.82, 2.24) is 0 Å². The molecule has 15 rings (SSSR count). The monoisotopic (exact) mass is 933 g/mol. The van der Waals surface area contributed by atoms with Crippen LogP contribution in [0.25, 0.3) is 86.9 Å². The second kappa shape index (κ2) is 15.5. The molecule has 0 atom stereocenters. The molecule has 0 saturated heterocycles. The molecule has 72 heavy (non-hydrogen) atoms. The molecule has 0 saturated carbocycles. The van der Waals surface area contributed by atoms with Crippen LogP contribution in [0.4, 0.5) is 17.1 Å². The summed E-state index contributed by atoms with van der Waals surface area (Å²) < 4.78 is 2.64. The Morgan fingerprint density at radius 1 is 0.306 bits per heavy atom. The van der Waals surface area contributed by atoms with Gasteiger partial charge in [-0.2, -0.15) is 0 Å². The molecule has 0 unspecified atom stereocenters. The summed E-state index contributed by atoms with van der Waals surface area (Å²) in [7, 11) is 0.